The van der Waals surface area contributed by atoms with Crippen LogP contribution in [-0.4, -0.2) is 31.6 Å². The number of hydrogen-bond acceptors (Lipinski definition) is 5. The SMILES string of the molecule is NC(=O)c1ccccc1NC(=O)CNc1ccc(OCCOc2ccccc2)cc1. The largest absolute Gasteiger partial charge is 0.490 e. The van der Waals surface area contributed by atoms with Gasteiger partial charge in [0.15, 0.2) is 0 Å². The molecule has 0 heterocycles. The quantitative estimate of drug-likeness (QED) is 0.449. The molecule has 4 N–H and O–H groups in total. The molecule has 3 rings (SSSR count). The first kappa shape index (κ1) is 20.7. The van der Waals surface area contributed by atoms with Crippen molar-refractivity contribution in [3.63, 3.8) is 0 Å². The number of carbonyl (C=O) groups excluding carboxylic acids is 2. The molecule has 0 fully saturated rings. The maximum atomic E-state index is 12.2. The highest BCUT2D eigenvalue weighted by Crippen LogP contribution is 2.17. The van der Waals surface area contributed by atoms with Crippen LogP contribution < -0.4 is 25.8 Å². The molecule has 0 aliphatic carbocycles. The Morgan fingerprint density at radius 2 is 1.37 bits per heavy atom. The van der Waals surface area contributed by atoms with Crippen LogP contribution in [0.2, 0.25) is 0 Å². The lowest BCUT2D eigenvalue weighted by molar-refractivity contribution is -0.114. The van der Waals surface area contributed by atoms with Crippen molar-refractivity contribution >= 4 is 23.2 Å². The fourth-order valence-corrected chi connectivity index (χ4v) is 2.69. The first-order valence-electron chi connectivity index (χ1n) is 9.45. The van der Waals surface area contributed by atoms with E-state index in [2.05, 4.69) is 10.6 Å². The van der Waals surface area contributed by atoms with Crippen LogP contribution in [-0.2, 0) is 4.79 Å². The Balaban J connectivity index is 1.41. The van der Waals surface area contributed by atoms with Crippen LogP contribution in [0.15, 0.2) is 78.9 Å². The molecule has 7 nitrogen and oxygen atoms in total. The molecule has 0 unspecified atom stereocenters. The summed E-state index contributed by atoms with van der Waals surface area (Å²) in [7, 11) is 0. The molecule has 0 radical (unpaired) electrons. The van der Waals surface area contributed by atoms with Crippen molar-refractivity contribution in [2.24, 2.45) is 5.73 Å². The van der Waals surface area contributed by atoms with Crippen LogP contribution >= 0.6 is 0 Å². The minimum Gasteiger partial charge on any atom is -0.490 e. The van der Waals surface area contributed by atoms with Gasteiger partial charge in [0.1, 0.15) is 24.7 Å². The van der Waals surface area contributed by atoms with Crippen LogP contribution in [0.25, 0.3) is 0 Å². The van der Waals surface area contributed by atoms with Gasteiger partial charge in [-0.05, 0) is 48.5 Å². The normalized spacial score (nSPS) is 10.1. The Morgan fingerprint density at radius 3 is 2.03 bits per heavy atom. The molecule has 2 amide bonds. The third-order valence-corrected chi connectivity index (χ3v) is 4.14. The number of ether oxygens (including phenoxy) is 2. The smallest absolute Gasteiger partial charge is 0.250 e. The molecule has 7 heteroatoms. The second-order valence-electron chi connectivity index (χ2n) is 6.35. The molecule has 0 bridgehead atoms. The summed E-state index contributed by atoms with van der Waals surface area (Å²) in [5.74, 6) is 0.625. The van der Waals surface area contributed by atoms with E-state index < -0.39 is 5.91 Å². The lowest BCUT2D eigenvalue weighted by atomic mass is 10.1. The lowest BCUT2D eigenvalue weighted by Gasteiger charge is -2.11. The second kappa shape index (κ2) is 10.5. The van der Waals surface area contributed by atoms with Crippen molar-refractivity contribution in [1.29, 1.82) is 0 Å². The van der Waals surface area contributed by atoms with E-state index in [1.54, 1.807) is 24.3 Å². The first-order valence-corrected chi connectivity index (χ1v) is 9.45. The average molecular weight is 405 g/mol. The zero-order chi connectivity index (χ0) is 21.2. The molecule has 0 aliphatic rings. The maximum Gasteiger partial charge on any atom is 0.250 e. The zero-order valence-electron chi connectivity index (χ0n) is 16.3. The van der Waals surface area contributed by atoms with E-state index in [9.17, 15) is 9.59 Å². The Labute approximate surface area is 174 Å². The van der Waals surface area contributed by atoms with E-state index in [-0.39, 0.29) is 18.0 Å². The van der Waals surface area contributed by atoms with E-state index in [1.807, 2.05) is 54.6 Å². The number of primary amides is 1. The summed E-state index contributed by atoms with van der Waals surface area (Å²) < 4.78 is 11.2. The Hall–Kier alpha value is -4.00. The minimum absolute atomic E-state index is 0.0399. The number of nitrogens with two attached hydrogens (primary N) is 1. The highest BCUT2D eigenvalue weighted by Gasteiger charge is 2.10. The van der Waals surface area contributed by atoms with Gasteiger partial charge in [-0.15, -0.1) is 0 Å². The van der Waals surface area contributed by atoms with Crippen LogP contribution in [0.4, 0.5) is 11.4 Å². The van der Waals surface area contributed by atoms with Gasteiger partial charge in [0.2, 0.25) is 5.91 Å². The van der Waals surface area contributed by atoms with E-state index in [4.69, 9.17) is 15.2 Å². The molecular formula is C23H23N3O4. The molecule has 0 saturated heterocycles. The monoisotopic (exact) mass is 405 g/mol. The standard InChI is InChI=1S/C23H23N3O4/c24-23(28)20-8-4-5-9-21(20)26-22(27)16-25-17-10-12-19(13-11-17)30-15-14-29-18-6-2-1-3-7-18/h1-13,25H,14-16H2,(H2,24,28)(H,26,27). The molecular weight excluding hydrogens is 382 g/mol. The lowest BCUT2D eigenvalue weighted by Crippen LogP contribution is -2.24. The van der Waals surface area contributed by atoms with E-state index in [1.165, 1.54) is 0 Å². The zero-order valence-corrected chi connectivity index (χ0v) is 16.3. The Morgan fingerprint density at radius 1 is 0.767 bits per heavy atom. The maximum absolute atomic E-state index is 12.2. The number of rotatable bonds is 10. The predicted octanol–water partition coefficient (Wildman–Crippen LogP) is 3.29. The number of carbonyl (C=O) groups is 2. The van der Waals surface area contributed by atoms with Gasteiger partial charge in [-0.2, -0.15) is 0 Å². The third-order valence-electron chi connectivity index (χ3n) is 4.14. The van der Waals surface area contributed by atoms with Crippen LogP contribution in [0, 0.1) is 0 Å². The number of anilines is 2. The highest BCUT2D eigenvalue weighted by molar-refractivity contribution is 6.03. The summed E-state index contributed by atoms with van der Waals surface area (Å²) in [6.45, 7) is 0.901. The van der Waals surface area contributed by atoms with Gasteiger partial charge in [0, 0.05) is 5.69 Å². The number of benzene rings is 3. The molecule has 3 aromatic rings. The fraction of sp³-hybridized carbons (Fsp3) is 0.130. The summed E-state index contributed by atoms with van der Waals surface area (Å²) in [6.07, 6.45) is 0. The van der Waals surface area contributed by atoms with Gasteiger partial charge < -0.3 is 25.8 Å². The molecule has 30 heavy (non-hydrogen) atoms. The average Bonchev–Trinajstić information content (AvgIpc) is 2.77. The topological polar surface area (TPSA) is 103 Å². The molecule has 0 aromatic heterocycles. The van der Waals surface area contributed by atoms with E-state index in [0.717, 1.165) is 11.4 Å². The second-order valence-corrected chi connectivity index (χ2v) is 6.35. The molecule has 0 aliphatic heterocycles. The van der Waals surface area contributed by atoms with Crippen molar-refractivity contribution in [2.45, 2.75) is 0 Å². The molecule has 154 valence electrons. The van der Waals surface area contributed by atoms with Crippen molar-refractivity contribution < 1.29 is 19.1 Å². The molecule has 0 saturated carbocycles. The summed E-state index contributed by atoms with van der Waals surface area (Å²) in [5.41, 5.74) is 6.74. The number of nitrogens with one attached hydrogen (secondary N) is 2. The van der Waals surface area contributed by atoms with Gasteiger partial charge in [-0.1, -0.05) is 30.3 Å². The summed E-state index contributed by atoms with van der Waals surface area (Å²) in [6, 6.07) is 23.4. The van der Waals surface area contributed by atoms with E-state index >= 15 is 0 Å². The molecule has 3 aromatic carbocycles. The summed E-state index contributed by atoms with van der Waals surface area (Å²) >= 11 is 0. The van der Waals surface area contributed by atoms with Gasteiger partial charge in [-0.3, -0.25) is 9.59 Å². The van der Waals surface area contributed by atoms with Crippen molar-refractivity contribution in [3.8, 4) is 11.5 Å². The third kappa shape index (κ3) is 6.27. The first-order chi connectivity index (χ1) is 14.6. The van der Waals surface area contributed by atoms with Crippen LogP contribution in [0.3, 0.4) is 0 Å². The number of para-hydroxylation sites is 2. The number of amides is 2. The van der Waals surface area contributed by atoms with Crippen molar-refractivity contribution in [3.05, 3.63) is 84.4 Å². The molecule has 0 spiro atoms. The summed E-state index contributed by atoms with van der Waals surface area (Å²) in [4.78, 5) is 23.6. The van der Waals surface area contributed by atoms with Crippen LogP contribution in [0.1, 0.15) is 10.4 Å². The molecule has 0 atom stereocenters. The fourth-order valence-electron chi connectivity index (χ4n) is 2.69. The minimum atomic E-state index is -0.594. The predicted molar refractivity (Wildman–Crippen MR) is 116 cm³/mol. The highest BCUT2D eigenvalue weighted by atomic mass is 16.5. The summed E-state index contributed by atoms with van der Waals surface area (Å²) in [5, 5.41) is 5.70. The van der Waals surface area contributed by atoms with Gasteiger partial charge in [-0.25, -0.2) is 0 Å². The van der Waals surface area contributed by atoms with Crippen molar-refractivity contribution in [2.75, 3.05) is 30.4 Å². The van der Waals surface area contributed by atoms with Crippen molar-refractivity contribution in [1.82, 2.24) is 0 Å². The number of hydrogen-bond donors (Lipinski definition) is 3. The Kier molecular flexibility index (Phi) is 7.27. The van der Waals surface area contributed by atoms with Crippen LogP contribution in [0.5, 0.6) is 11.5 Å². The van der Waals surface area contributed by atoms with Gasteiger partial charge >= 0.3 is 0 Å². The Bertz CT molecular complexity index is 975. The van der Waals surface area contributed by atoms with E-state index in [0.29, 0.717) is 24.7 Å². The van der Waals surface area contributed by atoms with Gasteiger partial charge in [0.25, 0.3) is 5.91 Å². The van der Waals surface area contributed by atoms with Gasteiger partial charge in [0.05, 0.1) is 17.8 Å².